The van der Waals surface area contributed by atoms with Crippen LogP contribution >= 0.6 is 12.2 Å². The minimum absolute atomic E-state index is 0.0109. The molecule has 0 radical (unpaired) electrons. The molecule has 0 bridgehead atoms. The fourth-order valence-corrected chi connectivity index (χ4v) is 3.23. The van der Waals surface area contributed by atoms with Crippen LogP contribution in [0.3, 0.4) is 0 Å². The largest absolute Gasteiger partial charge is 0.481 e. The van der Waals surface area contributed by atoms with Crippen molar-refractivity contribution in [3.05, 3.63) is 84.1 Å². The van der Waals surface area contributed by atoms with Crippen molar-refractivity contribution in [1.29, 1.82) is 0 Å². The fourth-order valence-electron chi connectivity index (χ4n) is 2.94. The predicted octanol–water partition coefficient (Wildman–Crippen LogP) is 3.71. The third-order valence-corrected chi connectivity index (χ3v) is 4.74. The SMILES string of the molecule is COc1ccc(/C=C2\C(=O)NC(=S)N(c3ccc(Oc4ccccc4)cc3)C2=O)cn1. The number of benzene rings is 2. The smallest absolute Gasteiger partial charge is 0.270 e. The van der Waals surface area contributed by atoms with Gasteiger partial charge in [-0.1, -0.05) is 18.2 Å². The summed E-state index contributed by atoms with van der Waals surface area (Å²) in [5.74, 6) is 0.648. The maximum atomic E-state index is 13.1. The van der Waals surface area contributed by atoms with Crippen LogP contribution < -0.4 is 19.7 Å². The van der Waals surface area contributed by atoms with Gasteiger partial charge < -0.3 is 9.47 Å². The minimum Gasteiger partial charge on any atom is -0.481 e. The van der Waals surface area contributed by atoms with Crippen LogP contribution in [0.15, 0.2) is 78.5 Å². The van der Waals surface area contributed by atoms with Crippen LogP contribution in [-0.2, 0) is 9.59 Å². The van der Waals surface area contributed by atoms with Crippen molar-refractivity contribution in [2.45, 2.75) is 0 Å². The molecule has 1 saturated heterocycles. The van der Waals surface area contributed by atoms with Crippen molar-refractivity contribution in [1.82, 2.24) is 10.3 Å². The van der Waals surface area contributed by atoms with E-state index in [-0.39, 0.29) is 10.7 Å². The average molecular weight is 431 g/mol. The summed E-state index contributed by atoms with van der Waals surface area (Å²) in [6.07, 6.45) is 2.98. The Kier molecular flexibility index (Phi) is 5.72. The summed E-state index contributed by atoms with van der Waals surface area (Å²) < 4.78 is 10.8. The zero-order valence-electron chi connectivity index (χ0n) is 16.4. The number of rotatable bonds is 5. The number of hydrogen-bond donors (Lipinski definition) is 1. The molecule has 1 N–H and O–H groups in total. The molecule has 0 unspecified atom stereocenters. The number of thiocarbonyl (C=S) groups is 1. The molecular formula is C23H17N3O4S. The lowest BCUT2D eigenvalue weighted by Crippen LogP contribution is -2.54. The van der Waals surface area contributed by atoms with E-state index in [1.807, 2.05) is 30.3 Å². The molecule has 0 spiro atoms. The Balaban J connectivity index is 1.58. The molecule has 1 aromatic heterocycles. The Labute approximate surface area is 183 Å². The molecule has 154 valence electrons. The summed E-state index contributed by atoms with van der Waals surface area (Å²) in [7, 11) is 1.51. The Hall–Kier alpha value is -4.04. The molecule has 8 heteroatoms. The lowest BCUT2D eigenvalue weighted by Gasteiger charge is -2.29. The molecule has 2 aromatic carbocycles. The molecule has 1 aliphatic rings. The average Bonchev–Trinajstić information content (AvgIpc) is 2.79. The van der Waals surface area contributed by atoms with Crippen molar-refractivity contribution < 1.29 is 19.1 Å². The van der Waals surface area contributed by atoms with E-state index in [9.17, 15) is 9.59 Å². The first kappa shape index (κ1) is 20.2. The zero-order chi connectivity index (χ0) is 21.8. The Bertz CT molecular complexity index is 1160. The van der Waals surface area contributed by atoms with Crippen LogP contribution in [0.25, 0.3) is 6.08 Å². The van der Waals surface area contributed by atoms with Crippen molar-refractivity contribution in [2.75, 3.05) is 12.0 Å². The van der Waals surface area contributed by atoms with Crippen LogP contribution in [0.2, 0.25) is 0 Å². The molecule has 0 aliphatic carbocycles. The lowest BCUT2D eigenvalue weighted by atomic mass is 10.1. The number of carbonyl (C=O) groups excluding carboxylic acids is 2. The van der Waals surface area contributed by atoms with Gasteiger partial charge in [-0.3, -0.25) is 19.8 Å². The number of methoxy groups -OCH3 is 1. The highest BCUT2D eigenvalue weighted by Gasteiger charge is 2.34. The van der Waals surface area contributed by atoms with Gasteiger partial charge in [0, 0.05) is 12.3 Å². The topological polar surface area (TPSA) is 80.8 Å². The van der Waals surface area contributed by atoms with Gasteiger partial charge in [0.15, 0.2) is 5.11 Å². The van der Waals surface area contributed by atoms with Gasteiger partial charge in [0.1, 0.15) is 17.1 Å². The summed E-state index contributed by atoms with van der Waals surface area (Å²) in [5, 5.41) is 2.57. The van der Waals surface area contributed by atoms with Gasteiger partial charge in [0.25, 0.3) is 11.8 Å². The highest BCUT2D eigenvalue weighted by molar-refractivity contribution is 7.80. The van der Waals surface area contributed by atoms with E-state index >= 15 is 0 Å². The Morgan fingerprint density at radius 3 is 2.32 bits per heavy atom. The van der Waals surface area contributed by atoms with Crippen molar-refractivity contribution in [3.8, 4) is 17.4 Å². The first-order valence-electron chi connectivity index (χ1n) is 9.29. The molecular weight excluding hydrogens is 414 g/mol. The molecule has 2 heterocycles. The maximum absolute atomic E-state index is 13.1. The van der Waals surface area contributed by atoms with E-state index in [2.05, 4.69) is 10.3 Å². The maximum Gasteiger partial charge on any atom is 0.270 e. The van der Waals surface area contributed by atoms with Gasteiger partial charge in [-0.25, -0.2) is 4.98 Å². The number of pyridine rings is 1. The van der Waals surface area contributed by atoms with Gasteiger partial charge in [0.2, 0.25) is 5.88 Å². The number of nitrogens with zero attached hydrogens (tertiary/aromatic N) is 2. The van der Waals surface area contributed by atoms with Gasteiger partial charge >= 0.3 is 0 Å². The molecule has 1 aliphatic heterocycles. The second kappa shape index (κ2) is 8.76. The zero-order valence-corrected chi connectivity index (χ0v) is 17.3. The summed E-state index contributed by atoms with van der Waals surface area (Å²) in [5.41, 5.74) is 1.04. The van der Waals surface area contributed by atoms with Crippen molar-refractivity contribution in [2.24, 2.45) is 0 Å². The summed E-state index contributed by atoms with van der Waals surface area (Å²) in [6, 6.07) is 19.6. The van der Waals surface area contributed by atoms with Crippen LogP contribution in [0.4, 0.5) is 5.69 Å². The highest BCUT2D eigenvalue weighted by Crippen LogP contribution is 2.27. The van der Waals surface area contributed by atoms with E-state index in [4.69, 9.17) is 21.7 Å². The molecule has 2 amide bonds. The van der Waals surface area contributed by atoms with E-state index in [0.717, 1.165) is 0 Å². The van der Waals surface area contributed by atoms with Crippen molar-refractivity contribution in [3.63, 3.8) is 0 Å². The number of nitrogens with one attached hydrogen (secondary N) is 1. The van der Waals surface area contributed by atoms with Gasteiger partial charge in [-0.15, -0.1) is 0 Å². The van der Waals surface area contributed by atoms with Crippen LogP contribution in [0, 0.1) is 0 Å². The molecule has 0 atom stereocenters. The van der Waals surface area contributed by atoms with Crippen molar-refractivity contribution >= 4 is 40.9 Å². The minimum atomic E-state index is -0.564. The van der Waals surface area contributed by atoms with E-state index in [0.29, 0.717) is 28.6 Å². The van der Waals surface area contributed by atoms with Crippen LogP contribution in [0.1, 0.15) is 5.56 Å². The molecule has 1 fully saturated rings. The normalized spacial score (nSPS) is 15.1. The quantitative estimate of drug-likeness (QED) is 0.377. The molecule has 31 heavy (non-hydrogen) atoms. The van der Waals surface area contributed by atoms with E-state index < -0.39 is 11.8 Å². The Morgan fingerprint density at radius 2 is 1.68 bits per heavy atom. The van der Waals surface area contributed by atoms with Gasteiger partial charge in [0.05, 0.1) is 12.8 Å². The van der Waals surface area contributed by atoms with Crippen LogP contribution in [-0.4, -0.2) is 29.0 Å². The number of hydrogen-bond acceptors (Lipinski definition) is 6. The third-order valence-electron chi connectivity index (χ3n) is 4.45. The number of carbonyl (C=O) groups is 2. The standard InChI is InChI=1S/C23H17N3O4S/c1-29-20-12-7-15(14-24-20)13-19-21(27)25-23(31)26(22(19)28)16-8-10-18(11-9-16)30-17-5-3-2-4-6-17/h2-14H,1H3,(H,25,27,31)/b19-13+. The van der Waals surface area contributed by atoms with E-state index in [1.54, 1.807) is 36.4 Å². The monoisotopic (exact) mass is 431 g/mol. The number of amides is 2. The molecule has 7 nitrogen and oxygen atoms in total. The molecule has 0 saturated carbocycles. The van der Waals surface area contributed by atoms with Gasteiger partial charge in [-0.2, -0.15) is 0 Å². The second-order valence-corrected chi connectivity index (χ2v) is 6.89. The first-order chi connectivity index (χ1) is 15.0. The number of aromatic nitrogens is 1. The summed E-state index contributed by atoms with van der Waals surface area (Å²) in [6.45, 7) is 0. The molecule has 3 aromatic rings. The molecule has 4 rings (SSSR count). The highest BCUT2D eigenvalue weighted by atomic mass is 32.1. The second-order valence-electron chi connectivity index (χ2n) is 6.50. The lowest BCUT2D eigenvalue weighted by molar-refractivity contribution is -0.122. The van der Waals surface area contributed by atoms with Crippen LogP contribution in [0.5, 0.6) is 17.4 Å². The first-order valence-corrected chi connectivity index (χ1v) is 9.70. The number of para-hydroxylation sites is 1. The summed E-state index contributed by atoms with van der Waals surface area (Å²) >= 11 is 5.24. The van der Waals surface area contributed by atoms with Gasteiger partial charge in [-0.05, 0) is 66.3 Å². The summed E-state index contributed by atoms with van der Waals surface area (Å²) in [4.78, 5) is 30.8. The Morgan fingerprint density at radius 1 is 0.968 bits per heavy atom. The fraction of sp³-hybridized carbons (Fsp3) is 0.0435. The third kappa shape index (κ3) is 4.44. The van der Waals surface area contributed by atoms with E-state index in [1.165, 1.54) is 24.3 Å². The number of ether oxygens (including phenoxy) is 2. The number of anilines is 1. The predicted molar refractivity (Wildman–Crippen MR) is 120 cm³/mol.